The van der Waals surface area contributed by atoms with Crippen LogP contribution in [0.4, 0.5) is 26.3 Å². The highest BCUT2D eigenvalue weighted by molar-refractivity contribution is 7.85. The standard InChI is InChI=1S/C21H19F6NO4S/c1-32-19(30)17(7-8-33(31)16-5-3-2-4-6-16)28-18(29)11-13-9-14(20(22,23)24)12-15(10-13)21(25,26)27/h2-6,9-10,12,17H,7-8,11H2,1H3,(H,28,29)/t17-,33+/m1/s1. The summed E-state index contributed by atoms with van der Waals surface area (Å²) in [5.41, 5.74) is -3.64. The monoisotopic (exact) mass is 495 g/mol. The summed E-state index contributed by atoms with van der Waals surface area (Å²) in [6, 6.07) is 7.80. The lowest BCUT2D eigenvalue weighted by Crippen LogP contribution is -2.43. The summed E-state index contributed by atoms with van der Waals surface area (Å²) in [7, 11) is -0.471. The van der Waals surface area contributed by atoms with Crippen LogP contribution in [0, 0.1) is 0 Å². The number of benzene rings is 2. The Morgan fingerprint density at radius 1 is 0.970 bits per heavy atom. The van der Waals surface area contributed by atoms with Gasteiger partial charge in [-0.15, -0.1) is 0 Å². The van der Waals surface area contributed by atoms with Gasteiger partial charge in [0.15, 0.2) is 0 Å². The second kappa shape index (κ2) is 10.8. The SMILES string of the molecule is COC(=O)[C@@H](CC[S@](=O)c1ccccc1)NC(=O)Cc1cc(C(F)(F)F)cc(C(F)(F)F)c1. The van der Waals surface area contributed by atoms with Crippen molar-refractivity contribution in [1.29, 1.82) is 0 Å². The predicted molar refractivity (Wildman–Crippen MR) is 106 cm³/mol. The Balaban J connectivity index is 2.15. The van der Waals surface area contributed by atoms with Gasteiger partial charge >= 0.3 is 18.3 Å². The molecule has 2 aromatic carbocycles. The number of alkyl halides is 6. The summed E-state index contributed by atoms with van der Waals surface area (Å²) in [6.45, 7) is 0. The molecule has 0 heterocycles. The number of hydrogen-bond acceptors (Lipinski definition) is 4. The Morgan fingerprint density at radius 3 is 2.00 bits per heavy atom. The van der Waals surface area contributed by atoms with Crippen molar-refractivity contribution in [3.8, 4) is 0 Å². The number of rotatable bonds is 8. The maximum atomic E-state index is 13.0. The van der Waals surface area contributed by atoms with Gasteiger partial charge in [-0.05, 0) is 42.3 Å². The molecule has 0 fully saturated rings. The lowest BCUT2D eigenvalue weighted by atomic mass is 10.0. The molecule has 0 saturated carbocycles. The van der Waals surface area contributed by atoms with E-state index in [1.807, 2.05) is 0 Å². The molecule has 180 valence electrons. The minimum absolute atomic E-state index is 0.0441. The van der Waals surface area contributed by atoms with Crippen molar-refractivity contribution in [3.63, 3.8) is 0 Å². The number of halogens is 6. The number of esters is 1. The average Bonchev–Trinajstić information content (AvgIpc) is 2.75. The number of carbonyl (C=O) groups is 2. The molecule has 5 nitrogen and oxygen atoms in total. The first-order valence-electron chi connectivity index (χ1n) is 9.40. The van der Waals surface area contributed by atoms with Gasteiger partial charge in [-0.2, -0.15) is 26.3 Å². The average molecular weight is 495 g/mol. The van der Waals surface area contributed by atoms with E-state index in [0.717, 1.165) is 7.11 Å². The van der Waals surface area contributed by atoms with Crippen molar-refractivity contribution in [1.82, 2.24) is 5.32 Å². The lowest BCUT2D eigenvalue weighted by Gasteiger charge is -2.17. The van der Waals surface area contributed by atoms with Gasteiger partial charge in [0.05, 0.1) is 35.5 Å². The molecule has 2 aromatic rings. The first-order valence-corrected chi connectivity index (χ1v) is 10.7. The minimum atomic E-state index is -5.05. The van der Waals surface area contributed by atoms with Crippen molar-refractivity contribution in [2.75, 3.05) is 12.9 Å². The molecule has 2 atom stereocenters. The molecule has 12 heteroatoms. The van der Waals surface area contributed by atoms with Gasteiger partial charge in [0.25, 0.3) is 0 Å². The molecule has 1 N–H and O–H groups in total. The fraction of sp³-hybridized carbons (Fsp3) is 0.333. The molecule has 0 aromatic heterocycles. The first kappa shape index (κ1) is 26.4. The Morgan fingerprint density at radius 2 is 1.52 bits per heavy atom. The number of amides is 1. The van der Waals surface area contributed by atoms with Crippen LogP contribution in [0.1, 0.15) is 23.1 Å². The van der Waals surface area contributed by atoms with Crippen LogP contribution in [-0.2, 0) is 43.9 Å². The van der Waals surface area contributed by atoms with Crippen molar-refractivity contribution in [2.24, 2.45) is 0 Å². The summed E-state index contributed by atoms with van der Waals surface area (Å²) in [4.78, 5) is 24.8. The van der Waals surface area contributed by atoms with Crippen LogP contribution in [0.3, 0.4) is 0 Å². The number of methoxy groups -OCH3 is 1. The lowest BCUT2D eigenvalue weighted by molar-refractivity contribution is -0.145. The van der Waals surface area contributed by atoms with Gasteiger partial charge in [0.1, 0.15) is 6.04 Å². The van der Waals surface area contributed by atoms with Crippen LogP contribution < -0.4 is 5.32 Å². The molecular weight excluding hydrogens is 476 g/mol. The fourth-order valence-corrected chi connectivity index (χ4v) is 4.00. The second-order valence-corrected chi connectivity index (χ2v) is 8.46. The van der Waals surface area contributed by atoms with Gasteiger partial charge in [0, 0.05) is 10.6 Å². The van der Waals surface area contributed by atoms with Crippen LogP contribution in [0.25, 0.3) is 0 Å². The summed E-state index contributed by atoms with van der Waals surface area (Å²) in [5, 5.41) is 2.23. The van der Waals surface area contributed by atoms with E-state index in [-0.39, 0.29) is 18.2 Å². The molecule has 0 spiro atoms. The van der Waals surface area contributed by atoms with Gasteiger partial charge in [-0.3, -0.25) is 9.00 Å². The summed E-state index contributed by atoms with van der Waals surface area (Å²) in [6.07, 6.45) is -11.1. The Labute approximate surface area is 187 Å². The molecule has 2 rings (SSSR count). The largest absolute Gasteiger partial charge is 0.467 e. The second-order valence-electron chi connectivity index (χ2n) is 6.89. The Hall–Kier alpha value is -2.89. The molecule has 0 saturated heterocycles. The highest BCUT2D eigenvalue weighted by Crippen LogP contribution is 2.36. The van der Waals surface area contributed by atoms with E-state index in [0.29, 0.717) is 17.0 Å². The third-order valence-corrected chi connectivity index (χ3v) is 5.84. The van der Waals surface area contributed by atoms with Crippen molar-refractivity contribution in [2.45, 2.75) is 36.1 Å². The zero-order chi connectivity index (χ0) is 24.8. The molecule has 0 aliphatic heterocycles. The van der Waals surface area contributed by atoms with E-state index in [2.05, 4.69) is 10.1 Å². The quantitative estimate of drug-likeness (QED) is 0.442. The van der Waals surface area contributed by atoms with Gasteiger partial charge in [-0.25, -0.2) is 4.79 Å². The van der Waals surface area contributed by atoms with E-state index in [9.17, 15) is 40.1 Å². The third kappa shape index (κ3) is 7.88. The van der Waals surface area contributed by atoms with E-state index in [1.165, 1.54) is 0 Å². The highest BCUT2D eigenvalue weighted by atomic mass is 32.2. The van der Waals surface area contributed by atoms with Crippen LogP contribution in [0.5, 0.6) is 0 Å². The first-order chi connectivity index (χ1) is 15.3. The van der Waals surface area contributed by atoms with Crippen molar-refractivity contribution in [3.05, 3.63) is 65.2 Å². The topological polar surface area (TPSA) is 72.5 Å². The molecule has 0 aliphatic carbocycles. The van der Waals surface area contributed by atoms with Gasteiger partial charge in [-0.1, -0.05) is 18.2 Å². The maximum absolute atomic E-state index is 13.0. The van der Waals surface area contributed by atoms with Crippen molar-refractivity contribution >= 4 is 22.7 Å². The third-order valence-electron chi connectivity index (χ3n) is 4.43. The number of nitrogens with one attached hydrogen (secondary N) is 1. The Kier molecular flexibility index (Phi) is 8.64. The molecular formula is C21H19F6NO4S. The highest BCUT2D eigenvalue weighted by Gasteiger charge is 2.37. The number of carbonyl (C=O) groups excluding carboxylic acids is 2. The normalized spacial score (nSPS) is 13.8. The minimum Gasteiger partial charge on any atom is -0.467 e. The van der Waals surface area contributed by atoms with E-state index in [1.54, 1.807) is 30.3 Å². The molecule has 0 bridgehead atoms. The molecule has 0 unspecified atom stereocenters. The summed E-state index contributed by atoms with van der Waals surface area (Å²) in [5.74, 6) is -1.94. The fourth-order valence-electron chi connectivity index (χ4n) is 2.86. The zero-order valence-electron chi connectivity index (χ0n) is 17.1. The summed E-state index contributed by atoms with van der Waals surface area (Å²) < 4.78 is 94.9. The smallest absolute Gasteiger partial charge is 0.416 e. The van der Waals surface area contributed by atoms with Crippen molar-refractivity contribution < 1.29 is 44.9 Å². The number of hydrogen-bond donors (Lipinski definition) is 1. The van der Waals surface area contributed by atoms with Gasteiger partial charge in [0.2, 0.25) is 5.91 Å². The summed E-state index contributed by atoms with van der Waals surface area (Å²) >= 11 is 0. The van der Waals surface area contributed by atoms with Crippen LogP contribution in [0.15, 0.2) is 53.4 Å². The Bertz CT molecular complexity index is 976. The van der Waals surface area contributed by atoms with Gasteiger partial charge < -0.3 is 10.1 Å². The predicted octanol–water partition coefficient (Wildman–Crippen LogP) is 4.12. The van der Waals surface area contributed by atoms with E-state index < -0.39 is 64.2 Å². The molecule has 0 aliphatic rings. The zero-order valence-corrected chi connectivity index (χ0v) is 17.9. The molecule has 33 heavy (non-hydrogen) atoms. The number of ether oxygens (including phenoxy) is 1. The van der Waals surface area contributed by atoms with Crippen LogP contribution >= 0.6 is 0 Å². The van der Waals surface area contributed by atoms with E-state index >= 15 is 0 Å². The van der Waals surface area contributed by atoms with Crippen LogP contribution in [-0.4, -0.2) is 35.0 Å². The van der Waals surface area contributed by atoms with Crippen LogP contribution in [0.2, 0.25) is 0 Å². The van der Waals surface area contributed by atoms with E-state index in [4.69, 9.17) is 0 Å². The molecule has 0 radical (unpaired) electrons. The molecule has 1 amide bonds. The maximum Gasteiger partial charge on any atom is 0.416 e.